The van der Waals surface area contributed by atoms with E-state index < -0.39 is 12.0 Å². The number of carboxylic acids is 1. The Morgan fingerprint density at radius 2 is 2.19 bits per heavy atom. The Morgan fingerprint density at radius 1 is 1.43 bits per heavy atom. The van der Waals surface area contributed by atoms with Gasteiger partial charge in [-0.25, -0.2) is 0 Å². The van der Waals surface area contributed by atoms with E-state index in [4.69, 9.17) is 0 Å². The van der Waals surface area contributed by atoms with Crippen molar-refractivity contribution >= 4 is 17.6 Å². The van der Waals surface area contributed by atoms with Crippen molar-refractivity contribution in [3.63, 3.8) is 0 Å². The average molecular weight is 290 g/mol. The van der Waals surface area contributed by atoms with E-state index >= 15 is 0 Å². The monoisotopic (exact) mass is 290 g/mol. The summed E-state index contributed by atoms with van der Waals surface area (Å²) in [6.45, 7) is 4.75. The second-order valence-electron chi connectivity index (χ2n) is 5.62. The molecule has 0 saturated carbocycles. The number of carbonyl (C=O) groups is 2. The molecule has 1 aromatic rings. The highest BCUT2D eigenvalue weighted by Crippen LogP contribution is 2.23. The van der Waals surface area contributed by atoms with Gasteiger partial charge in [0.2, 0.25) is 5.91 Å². The number of nitrogens with zero attached hydrogens (tertiary/aromatic N) is 1. The number of carbonyl (C=O) groups excluding carboxylic acids is 1. The Balaban J connectivity index is 1.96. The summed E-state index contributed by atoms with van der Waals surface area (Å²) in [7, 11) is 0. The van der Waals surface area contributed by atoms with Crippen LogP contribution in [0.1, 0.15) is 25.8 Å². The molecular formula is C16H22N2O3. The van der Waals surface area contributed by atoms with Crippen LogP contribution in [-0.4, -0.2) is 41.0 Å². The summed E-state index contributed by atoms with van der Waals surface area (Å²) in [5.41, 5.74) is 1.92. The van der Waals surface area contributed by atoms with Gasteiger partial charge in [-0.1, -0.05) is 26.0 Å². The molecule has 0 aromatic heterocycles. The van der Waals surface area contributed by atoms with Crippen molar-refractivity contribution < 1.29 is 14.7 Å². The van der Waals surface area contributed by atoms with E-state index in [-0.39, 0.29) is 18.4 Å². The van der Waals surface area contributed by atoms with Crippen LogP contribution in [0, 0.1) is 5.92 Å². The van der Waals surface area contributed by atoms with E-state index in [2.05, 4.69) is 12.2 Å². The fourth-order valence-corrected chi connectivity index (χ4v) is 2.86. The standard InChI is InChI=1S/C16H22N2O3/c1-3-12-5-4-6-13(9-12)17-14(19)10-18-8-7-11(2)15(18)16(20)21/h4-6,9,11,15H,3,7-8,10H2,1-2H3,(H,17,19)(H,20,21). The zero-order chi connectivity index (χ0) is 15.4. The first-order valence-corrected chi connectivity index (χ1v) is 7.37. The topological polar surface area (TPSA) is 69.6 Å². The van der Waals surface area contributed by atoms with Crippen molar-refractivity contribution in [2.75, 3.05) is 18.4 Å². The molecule has 2 N–H and O–H groups in total. The first-order valence-electron chi connectivity index (χ1n) is 7.37. The largest absolute Gasteiger partial charge is 0.480 e. The lowest BCUT2D eigenvalue weighted by atomic mass is 10.0. The molecule has 1 aliphatic heterocycles. The number of hydrogen-bond donors (Lipinski definition) is 2. The lowest BCUT2D eigenvalue weighted by molar-refractivity contribution is -0.143. The molecule has 2 unspecified atom stereocenters. The normalized spacial score (nSPS) is 22.2. The fraction of sp³-hybridized carbons (Fsp3) is 0.500. The number of aliphatic carboxylic acids is 1. The van der Waals surface area contributed by atoms with Gasteiger partial charge in [0.05, 0.1) is 6.54 Å². The Kier molecular flexibility index (Phi) is 4.96. The van der Waals surface area contributed by atoms with Crippen molar-refractivity contribution in [2.45, 2.75) is 32.7 Å². The van der Waals surface area contributed by atoms with Crippen LogP contribution in [0.15, 0.2) is 24.3 Å². The molecule has 1 aliphatic rings. The highest BCUT2D eigenvalue weighted by molar-refractivity contribution is 5.92. The van der Waals surface area contributed by atoms with Gasteiger partial charge in [0.1, 0.15) is 6.04 Å². The Bertz CT molecular complexity index is 530. The van der Waals surface area contributed by atoms with E-state index in [1.54, 1.807) is 4.90 Å². The van der Waals surface area contributed by atoms with Gasteiger partial charge >= 0.3 is 5.97 Å². The first kappa shape index (κ1) is 15.5. The zero-order valence-electron chi connectivity index (χ0n) is 12.5. The molecule has 0 radical (unpaired) electrons. The summed E-state index contributed by atoms with van der Waals surface area (Å²) in [5.74, 6) is -0.928. The highest BCUT2D eigenvalue weighted by atomic mass is 16.4. The molecule has 1 amide bonds. The summed E-state index contributed by atoms with van der Waals surface area (Å²) < 4.78 is 0. The number of carboxylic acid groups (broad SMARTS) is 1. The number of nitrogens with one attached hydrogen (secondary N) is 1. The van der Waals surface area contributed by atoms with E-state index in [9.17, 15) is 14.7 Å². The van der Waals surface area contributed by atoms with E-state index in [1.807, 2.05) is 31.2 Å². The van der Waals surface area contributed by atoms with Crippen molar-refractivity contribution in [1.29, 1.82) is 0 Å². The molecule has 1 aromatic carbocycles. The number of benzene rings is 1. The maximum Gasteiger partial charge on any atom is 0.321 e. The predicted molar refractivity (Wildman–Crippen MR) is 81.2 cm³/mol. The van der Waals surface area contributed by atoms with Gasteiger partial charge in [0, 0.05) is 5.69 Å². The summed E-state index contributed by atoms with van der Waals surface area (Å²) >= 11 is 0. The molecule has 0 bridgehead atoms. The van der Waals surface area contributed by atoms with Crippen molar-refractivity contribution in [1.82, 2.24) is 4.90 Å². The van der Waals surface area contributed by atoms with Crippen LogP contribution in [0.5, 0.6) is 0 Å². The molecule has 114 valence electrons. The van der Waals surface area contributed by atoms with Crippen molar-refractivity contribution in [3.05, 3.63) is 29.8 Å². The van der Waals surface area contributed by atoms with Crippen LogP contribution in [0.2, 0.25) is 0 Å². The lowest BCUT2D eigenvalue weighted by Crippen LogP contribution is -2.43. The van der Waals surface area contributed by atoms with Crippen LogP contribution in [0.3, 0.4) is 0 Å². The number of rotatable bonds is 5. The van der Waals surface area contributed by atoms with Gasteiger partial charge in [-0.3, -0.25) is 14.5 Å². The minimum atomic E-state index is -0.846. The SMILES string of the molecule is CCc1cccc(NC(=O)CN2CCC(C)C2C(=O)O)c1. The predicted octanol–water partition coefficient (Wildman–Crippen LogP) is 1.98. The van der Waals surface area contributed by atoms with Gasteiger partial charge in [0.25, 0.3) is 0 Å². The fourth-order valence-electron chi connectivity index (χ4n) is 2.86. The second-order valence-corrected chi connectivity index (χ2v) is 5.62. The number of amides is 1. The van der Waals surface area contributed by atoms with Crippen LogP contribution >= 0.6 is 0 Å². The van der Waals surface area contributed by atoms with Gasteiger partial charge < -0.3 is 10.4 Å². The Morgan fingerprint density at radius 3 is 2.86 bits per heavy atom. The molecule has 1 saturated heterocycles. The third kappa shape index (κ3) is 3.82. The van der Waals surface area contributed by atoms with Gasteiger partial charge in [0.15, 0.2) is 0 Å². The maximum absolute atomic E-state index is 12.1. The maximum atomic E-state index is 12.1. The molecule has 2 atom stereocenters. The number of anilines is 1. The van der Waals surface area contributed by atoms with Crippen molar-refractivity contribution in [3.8, 4) is 0 Å². The van der Waals surface area contributed by atoms with Gasteiger partial charge in [-0.15, -0.1) is 0 Å². The van der Waals surface area contributed by atoms with E-state index in [0.29, 0.717) is 6.54 Å². The quantitative estimate of drug-likeness (QED) is 0.870. The number of aryl methyl sites for hydroxylation is 1. The Hall–Kier alpha value is -1.88. The zero-order valence-corrected chi connectivity index (χ0v) is 12.5. The third-order valence-corrected chi connectivity index (χ3v) is 4.02. The summed E-state index contributed by atoms with van der Waals surface area (Å²) in [6.07, 6.45) is 1.73. The summed E-state index contributed by atoms with van der Waals surface area (Å²) in [6, 6.07) is 7.15. The van der Waals surface area contributed by atoms with E-state index in [0.717, 1.165) is 24.1 Å². The molecule has 5 nitrogen and oxygen atoms in total. The first-order chi connectivity index (χ1) is 10.0. The molecule has 1 fully saturated rings. The number of likely N-dealkylation sites (tertiary alicyclic amines) is 1. The molecule has 1 heterocycles. The molecule has 2 rings (SSSR count). The van der Waals surface area contributed by atoms with Crippen LogP contribution < -0.4 is 5.32 Å². The molecule has 21 heavy (non-hydrogen) atoms. The van der Waals surface area contributed by atoms with Crippen molar-refractivity contribution in [2.24, 2.45) is 5.92 Å². The average Bonchev–Trinajstić information content (AvgIpc) is 2.79. The molecular weight excluding hydrogens is 268 g/mol. The van der Waals surface area contributed by atoms with Crippen LogP contribution in [-0.2, 0) is 16.0 Å². The lowest BCUT2D eigenvalue weighted by Gasteiger charge is -2.22. The highest BCUT2D eigenvalue weighted by Gasteiger charge is 2.37. The molecule has 0 spiro atoms. The summed E-state index contributed by atoms with van der Waals surface area (Å²) in [4.78, 5) is 25.1. The Labute approximate surface area is 125 Å². The minimum Gasteiger partial charge on any atom is -0.480 e. The molecule has 5 heteroatoms. The minimum absolute atomic E-state index is 0.0821. The smallest absolute Gasteiger partial charge is 0.321 e. The summed E-state index contributed by atoms with van der Waals surface area (Å²) in [5, 5.41) is 12.1. The van der Waals surface area contributed by atoms with Gasteiger partial charge in [-0.05, 0) is 43.0 Å². The molecule has 0 aliphatic carbocycles. The van der Waals surface area contributed by atoms with Crippen LogP contribution in [0.25, 0.3) is 0 Å². The second kappa shape index (κ2) is 6.72. The third-order valence-electron chi connectivity index (χ3n) is 4.02. The number of hydrogen-bond acceptors (Lipinski definition) is 3. The van der Waals surface area contributed by atoms with Crippen LogP contribution in [0.4, 0.5) is 5.69 Å². The van der Waals surface area contributed by atoms with E-state index in [1.165, 1.54) is 0 Å². The van der Waals surface area contributed by atoms with Gasteiger partial charge in [-0.2, -0.15) is 0 Å².